The third kappa shape index (κ3) is 5.42. The summed E-state index contributed by atoms with van der Waals surface area (Å²) in [6.45, 7) is 0.710. The summed E-state index contributed by atoms with van der Waals surface area (Å²) in [5, 5.41) is 0. The van der Waals surface area contributed by atoms with Crippen LogP contribution in [0.1, 0.15) is 37.7 Å². The normalized spacial score (nSPS) is 23.3. The second-order valence-electron chi connectivity index (χ2n) is 8.07. The maximum atomic E-state index is 12.6. The number of carbonyl (C=O) groups excluding carboxylic acids is 1. The molecular formula is C25H29NO4. The summed E-state index contributed by atoms with van der Waals surface area (Å²) < 4.78 is 17.5. The quantitative estimate of drug-likeness (QED) is 0.687. The smallest absolute Gasteiger partial charge is 0.191 e. The van der Waals surface area contributed by atoms with Gasteiger partial charge in [-0.05, 0) is 49.3 Å². The van der Waals surface area contributed by atoms with Crippen molar-refractivity contribution in [2.75, 3.05) is 6.61 Å². The summed E-state index contributed by atoms with van der Waals surface area (Å²) in [6, 6.07) is 15.8. The molecule has 1 saturated carbocycles. The molecular weight excluding hydrogens is 378 g/mol. The molecule has 0 amide bonds. The SMILES string of the molecule is N[C@H]1CC[C@@H](/C=C/CC(=O)C2COc3ccc(OCc4ccccc4)cc3O2)CC1. The van der Waals surface area contributed by atoms with E-state index in [4.69, 9.17) is 19.9 Å². The number of hydrogen-bond acceptors (Lipinski definition) is 5. The fraction of sp³-hybridized carbons (Fsp3) is 0.400. The van der Waals surface area contributed by atoms with Gasteiger partial charge in [-0.15, -0.1) is 0 Å². The van der Waals surface area contributed by atoms with E-state index < -0.39 is 6.10 Å². The van der Waals surface area contributed by atoms with Gasteiger partial charge in [0.2, 0.25) is 0 Å². The van der Waals surface area contributed by atoms with Crippen LogP contribution in [0.5, 0.6) is 17.2 Å². The largest absolute Gasteiger partial charge is 0.489 e. The Morgan fingerprint density at radius 3 is 2.67 bits per heavy atom. The highest BCUT2D eigenvalue weighted by Gasteiger charge is 2.27. The number of benzene rings is 2. The lowest BCUT2D eigenvalue weighted by atomic mass is 9.86. The van der Waals surface area contributed by atoms with Gasteiger partial charge in [-0.1, -0.05) is 42.5 Å². The van der Waals surface area contributed by atoms with Crippen molar-refractivity contribution in [1.29, 1.82) is 0 Å². The Morgan fingerprint density at radius 2 is 1.87 bits per heavy atom. The maximum Gasteiger partial charge on any atom is 0.191 e. The van der Waals surface area contributed by atoms with Crippen LogP contribution in [-0.4, -0.2) is 24.5 Å². The molecule has 0 bridgehead atoms. The molecule has 2 N–H and O–H groups in total. The van der Waals surface area contributed by atoms with Crippen LogP contribution >= 0.6 is 0 Å². The summed E-state index contributed by atoms with van der Waals surface area (Å²) in [5.74, 6) is 2.44. The van der Waals surface area contributed by atoms with Crippen molar-refractivity contribution in [3.8, 4) is 17.2 Å². The van der Waals surface area contributed by atoms with Gasteiger partial charge >= 0.3 is 0 Å². The average Bonchev–Trinajstić information content (AvgIpc) is 2.79. The van der Waals surface area contributed by atoms with Crippen molar-refractivity contribution in [2.24, 2.45) is 11.7 Å². The van der Waals surface area contributed by atoms with Crippen molar-refractivity contribution < 1.29 is 19.0 Å². The van der Waals surface area contributed by atoms with Gasteiger partial charge in [0.1, 0.15) is 19.0 Å². The molecule has 1 aliphatic carbocycles. The van der Waals surface area contributed by atoms with Crippen LogP contribution in [0.15, 0.2) is 60.7 Å². The molecule has 1 fully saturated rings. The molecule has 2 aromatic rings. The number of carbonyl (C=O) groups is 1. The third-order valence-electron chi connectivity index (χ3n) is 5.73. The Labute approximate surface area is 177 Å². The van der Waals surface area contributed by atoms with E-state index in [1.54, 1.807) is 6.07 Å². The molecule has 1 heterocycles. The van der Waals surface area contributed by atoms with Crippen LogP contribution < -0.4 is 19.9 Å². The number of hydrogen-bond donors (Lipinski definition) is 1. The van der Waals surface area contributed by atoms with Crippen LogP contribution in [0.4, 0.5) is 0 Å². The third-order valence-corrected chi connectivity index (χ3v) is 5.73. The first kappa shape index (κ1) is 20.5. The van der Waals surface area contributed by atoms with E-state index in [0.717, 1.165) is 31.2 Å². The molecule has 1 unspecified atom stereocenters. The Balaban J connectivity index is 1.30. The van der Waals surface area contributed by atoms with Gasteiger partial charge in [0, 0.05) is 18.5 Å². The number of allylic oxidation sites excluding steroid dienone is 2. The van der Waals surface area contributed by atoms with Crippen LogP contribution in [0, 0.1) is 5.92 Å². The number of rotatable bonds is 7. The molecule has 0 saturated heterocycles. The summed E-state index contributed by atoms with van der Waals surface area (Å²) in [7, 11) is 0. The van der Waals surface area contributed by atoms with Crippen LogP contribution in [-0.2, 0) is 11.4 Å². The number of fused-ring (bicyclic) bond motifs is 1. The topological polar surface area (TPSA) is 70.8 Å². The predicted octanol–water partition coefficient (Wildman–Crippen LogP) is 4.44. The zero-order valence-electron chi connectivity index (χ0n) is 17.2. The molecule has 0 radical (unpaired) electrons. The summed E-state index contributed by atoms with van der Waals surface area (Å²) in [6.07, 6.45) is 8.24. The highest BCUT2D eigenvalue weighted by atomic mass is 16.6. The van der Waals surface area contributed by atoms with Gasteiger partial charge in [-0.25, -0.2) is 0 Å². The minimum Gasteiger partial charge on any atom is -0.489 e. The molecule has 5 nitrogen and oxygen atoms in total. The zero-order chi connectivity index (χ0) is 20.8. The van der Waals surface area contributed by atoms with E-state index in [1.165, 1.54) is 0 Å². The van der Waals surface area contributed by atoms with E-state index in [2.05, 4.69) is 6.08 Å². The number of ketones is 1. The first-order valence-corrected chi connectivity index (χ1v) is 10.7. The van der Waals surface area contributed by atoms with E-state index in [9.17, 15) is 4.79 Å². The molecule has 4 rings (SSSR count). The van der Waals surface area contributed by atoms with Gasteiger partial charge in [0.15, 0.2) is 23.4 Å². The molecule has 2 aromatic carbocycles. The minimum atomic E-state index is -0.591. The average molecular weight is 408 g/mol. The van der Waals surface area contributed by atoms with Gasteiger partial charge in [-0.2, -0.15) is 0 Å². The van der Waals surface area contributed by atoms with Gasteiger partial charge in [0.05, 0.1) is 0 Å². The summed E-state index contributed by atoms with van der Waals surface area (Å²) in [4.78, 5) is 12.6. The highest BCUT2D eigenvalue weighted by Crippen LogP contribution is 2.35. The second-order valence-corrected chi connectivity index (χ2v) is 8.07. The fourth-order valence-electron chi connectivity index (χ4n) is 3.89. The predicted molar refractivity (Wildman–Crippen MR) is 116 cm³/mol. The fourth-order valence-corrected chi connectivity index (χ4v) is 3.89. The lowest BCUT2D eigenvalue weighted by Gasteiger charge is -2.26. The van der Waals surface area contributed by atoms with Crippen molar-refractivity contribution in [3.63, 3.8) is 0 Å². The van der Waals surface area contributed by atoms with E-state index in [-0.39, 0.29) is 12.4 Å². The van der Waals surface area contributed by atoms with Crippen molar-refractivity contribution in [2.45, 2.75) is 50.9 Å². The standard InChI is InChI=1S/C25H29NO4/c26-20-11-9-18(10-12-20)7-4-8-22(27)25-17-29-23-14-13-21(15-24(23)30-25)28-16-19-5-2-1-3-6-19/h1-7,13-15,18,20,25H,8-12,16-17,26H2/b7-4+/t18-,20+,25?. The Hall–Kier alpha value is -2.79. The Kier molecular flexibility index (Phi) is 6.70. The van der Waals surface area contributed by atoms with Gasteiger partial charge < -0.3 is 19.9 Å². The number of nitrogens with two attached hydrogens (primary N) is 1. The van der Waals surface area contributed by atoms with Crippen molar-refractivity contribution >= 4 is 5.78 Å². The van der Waals surface area contributed by atoms with Crippen LogP contribution in [0.2, 0.25) is 0 Å². The van der Waals surface area contributed by atoms with Crippen LogP contribution in [0.25, 0.3) is 0 Å². The molecule has 5 heteroatoms. The van der Waals surface area contributed by atoms with E-state index in [1.807, 2.05) is 48.5 Å². The van der Waals surface area contributed by atoms with Crippen molar-refractivity contribution in [3.05, 3.63) is 66.2 Å². The molecule has 30 heavy (non-hydrogen) atoms. The molecule has 0 aromatic heterocycles. The molecule has 1 aliphatic heterocycles. The molecule has 0 spiro atoms. The first-order chi connectivity index (χ1) is 14.7. The lowest BCUT2D eigenvalue weighted by Crippen LogP contribution is -2.36. The number of Topliss-reactive ketones (excluding diaryl/α,β-unsaturated/α-hetero) is 1. The van der Waals surface area contributed by atoms with E-state index >= 15 is 0 Å². The number of ether oxygens (including phenoxy) is 3. The van der Waals surface area contributed by atoms with Gasteiger partial charge in [-0.3, -0.25) is 4.79 Å². The Bertz CT molecular complexity index is 872. The van der Waals surface area contributed by atoms with Crippen LogP contribution in [0.3, 0.4) is 0 Å². The van der Waals surface area contributed by atoms with E-state index in [0.29, 0.717) is 42.2 Å². The minimum absolute atomic E-state index is 0.0278. The highest BCUT2D eigenvalue weighted by molar-refractivity contribution is 5.85. The second kappa shape index (κ2) is 9.81. The molecule has 1 atom stereocenters. The molecule has 2 aliphatic rings. The maximum absolute atomic E-state index is 12.6. The monoisotopic (exact) mass is 407 g/mol. The molecule has 158 valence electrons. The summed E-state index contributed by atoms with van der Waals surface area (Å²) in [5.41, 5.74) is 7.04. The lowest BCUT2D eigenvalue weighted by molar-refractivity contribution is -0.127. The summed E-state index contributed by atoms with van der Waals surface area (Å²) >= 11 is 0. The zero-order valence-corrected chi connectivity index (χ0v) is 17.2. The Morgan fingerprint density at radius 1 is 1.07 bits per heavy atom. The van der Waals surface area contributed by atoms with Gasteiger partial charge in [0.25, 0.3) is 0 Å². The first-order valence-electron chi connectivity index (χ1n) is 10.7. The van der Waals surface area contributed by atoms with Crippen molar-refractivity contribution in [1.82, 2.24) is 0 Å².